The smallest absolute Gasteiger partial charge is 0.239 e. The summed E-state index contributed by atoms with van der Waals surface area (Å²) in [5.74, 6) is 1.08. The van der Waals surface area contributed by atoms with Gasteiger partial charge in [0.2, 0.25) is 5.91 Å². The van der Waals surface area contributed by atoms with Crippen LogP contribution in [-0.2, 0) is 4.79 Å². The van der Waals surface area contributed by atoms with Gasteiger partial charge in [-0.3, -0.25) is 9.69 Å². The first kappa shape index (κ1) is 21.4. The summed E-state index contributed by atoms with van der Waals surface area (Å²) in [6.45, 7) is 6.10. The second-order valence-corrected chi connectivity index (χ2v) is 9.45. The van der Waals surface area contributed by atoms with Gasteiger partial charge in [0.15, 0.2) is 10.3 Å². The number of thiazole rings is 1. The summed E-state index contributed by atoms with van der Waals surface area (Å²) in [5.41, 5.74) is 1.59. The lowest BCUT2D eigenvalue weighted by Crippen LogP contribution is -2.32. The molecule has 0 bridgehead atoms. The molecule has 0 radical (unpaired) electrons. The second kappa shape index (κ2) is 9.09. The third kappa shape index (κ3) is 4.56. The number of anilines is 1. The van der Waals surface area contributed by atoms with E-state index < -0.39 is 0 Å². The predicted octanol–water partition coefficient (Wildman–Crippen LogP) is 5.66. The Balaban J connectivity index is 1.49. The number of hydrogen-bond donors (Lipinski definition) is 0. The van der Waals surface area contributed by atoms with Crippen molar-refractivity contribution in [3.05, 3.63) is 52.1 Å². The van der Waals surface area contributed by atoms with E-state index in [9.17, 15) is 4.79 Å². The third-order valence-electron chi connectivity index (χ3n) is 4.62. The number of halogens is 2. The fourth-order valence-electron chi connectivity index (χ4n) is 3.00. The molecule has 2 heterocycles. The average molecular weight is 480 g/mol. The van der Waals surface area contributed by atoms with E-state index in [0.717, 1.165) is 35.1 Å². The third-order valence-corrected chi connectivity index (χ3v) is 7.15. The van der Waals surface area contributed by atoms with E-state index in [0.29, 0.717) is 27.8 Å². The highest BCUT2D eigenvalue weighted by molar-refractivity contribution is 7.99. The standard InChI is InChI=1S/C20H19Cl2N5OS2/c1-3-8-26(18(28)11-30-20-25-24-12(2)27(20)14-5-6-14)19-23-17(10-29-19)13-4-7-15(21)16(22)9-13/h3-4,7,9-10,14H,1,5-6,8,11H2,2H3. The maximum absolute atomic E-state index is 13.0. The van der Waals surface area contributed by atoms with E-state index in [1.165, 1.54) is 23.1 Å². The zero-order valence-corrected chi connectivity index (χ0v) is 19.4. The Bertz CT molecular complexity index is 1090. The molecule has 30 heavy (non-hydrogen) atoms. The van der Waals surface area contributed by atoms with Gasteiger partial charge in [-0.1, -0.05) is 47.1 Å². The quantitative estimate of drug-likeness (QED) is 0.307. The number of aromatic nitrogens is 4. The van der Waals surface area contributed by atoms with Gasteiger partial charge >= 0.3 is 0 Å². The van der Waals surface area contributed by atoms with E-state index in [4.69, 9.17) is 23.2 Å². The SMILES string of the molecule is C=CCN(C(=O)CSc1nnc(C)n1C1CC1)c1nc(-c2ccc(Cl)c(Cl)c2)cs1. The molecule has 4 rings (SSSR count). The van der Waals surface area contributed by atoms with Crippen LogP contribution in [0.5, 0.6) is 0 Å². The van der Waals surface area contributed by atoms with Gasteiger partial charge < -0.3 is 4.57 Å². The van der Waals surface area contributed by atoms with Crippen LogP contribution >= 0.6 is 46.3 Å². The van der Waals surface area contributed by atoms with Gasteiger partial charge in [-0.15, -0.1) is 28.1 Å². The van der Waals surface area contributed by atoms with Crippen molar-refractivity contribution in [3.8, 4) is 11.3 Å². The maximum atomic E-state index is 13.0. The van der Waals surface area contributed by atoms with Crippen molar-refractivity contribution >= 4 is 57.3 Å². The van der Waals surface area contributed by atoms with Crippen LogP contribution in [0.4, 0.5) is 5.13 Å². The van der Waals surface area contributed by atoms with Crippen molar-refractivity contribution in [3.63, 3.8) is 0 Å². The van der Waals surface area contributed by atoms with Gasteiger partial charge in [0.1, 0.15) is 5.82 Å². The number of thioether (sulfide) groups is 1. The fraction of sp³-hybridized carbons (Fsp3) is 0.300. The van der Waals surface area contributed by atoms with Crippen LogP contribution in [0.1, 0.15) is 24.7 Å². The molecular formula is C20H19Cl2N5OS2. The van der Waals surface area contributed by atoms with Gasteiger partial charge in [0.05, 0.1) is 21.5 Å². The number of hydrogen-bond acceptors (Lipinski definition) is 6. The molecule has 1 aromatic carbocycles. The first-order chi connectivity index (χ1) is 14.5. The molecule has 0 atom stereocenters. The number of rotatable bonds is 8. The summed E-state index contributed by atoms with van der Waals surface area (Å²) in [6, 6.07) is 5.83. The van der Waals surface area contributed by atoms with Crippen LogP contribution in [0.15, 0.2) is 41.4 Å². The molecule has 1 amide bonds. The molecule has 1 saturated carbocycles. The van der Waals surface area contributed by atoms with Crippen molar-refractivity contribution in [2.75, 3.05) is 17.2 Å². The summed E-state index contributed by atoms with van der Waals surface area (Å²) < 4.78 is 2.13. The Morgan fingerprint density at radius 3 is 2.87 bits per heavy atom. The number of benzene rings is 1. The molecule has 0 unspecified atom stereocenters. The molecule has 6 nitrogen and oxygen atoms in total. The Hall–Kier alpha value is -1.87. The van der Waals surface area contributed by atoms with Crippen LogP contribution in [0.2, 0.25) is 10.0 Å². The largest absolute Gasteiger partial charge is 0.303 e. The van der Waals surface area contributed by atoms with Gasteiger partial charge in [-0.05, 0) is 31.9 Å². The average Bonchev–Trinajstić information content (AvgIpc) is 3.32. The Labute approximate surface area is 192 Å². The first-order valence-corrected chi connectivity index (χ1v) is 12.0. The number of nitrogens with zero attached hydrogens (tertiary/aromatic N) is 5. The molecule has 0 spiro atoms. The first-order valence-electron chi connectivity index (χ1n) is 9.34. The highest BCUT2D eigenvalue weighted by Gasteiger charge is 2.29. The summed E-state index contributed by atoms with van der Waals surface area (Å²) in [5, 5.41) is 12.7. The lowest BCUT2D eigenvalue weighted by atomic mass is 10.2. The van der Waals surface area contributed by atoms with Gasteiger partial charge in [0, 0.05) is 23.5 Å². The Morgan fingerprint density at radius 2 is 2.17 bits per heavy atom. The van der Waals surface area contributed by atoms with Crippen LogP contribution in [-0.4, -0.2) is 38.0 Å². The number of carbonyl (C=O) groups is 1. The van der Waals surface area contributed by atoms with Crippen LogP contribution in [0.25, 0.3) is 11.3 Å². The summed E-state index contributed by atoms with van der Waals surface area (Å²) in [4.78, 5) is 19.3. The van der Waals surface area contributed by atoms with E-state index in [1.54, 1.807) is 23.1 Å². The molecule has 0 aliphatic heterocycles. The molecule has 3 aromatic rings. The minimum atomic E-state index is -0.0575. The Kier molecular flexibility index (Phi) is 6.48. The van der Waals surface area contributed by atoms with Crippen LogP contribution in [0, 0.1) is 6.92 Å². The lowest BCUT2D eigenvalue weighted by Gasteiger charge is -2.17. The fourth-order valence-corrected chi connectivity index (χ4v) is 5.08. The summed E-state index contributed by atoms with van der Waals surface area (Å²) in [6.07, 6.45) is 3.97. The number of amides is 1. The molecular weight excluding hydrogens is 461 g/mol. The van der Waals surface area contributed by atoms with E-state index in [1.807, 2.05) is 18.4 Å². The minimum absolute atomic E-state index is 0.0575. The van der Waals surface area contributed by atoms with Crippen LogP contribution in [0.3, 0.4) is 0 Å². The van der Waals surface area contributed by atoms with Crippen molar-refractivity contribution in [2.45, 2.75) is 31.0 Å². The van der Waals surface area contributed by atoms with Crippen molar-refractivity contribution in [1.82, 2.24) is 19.7 Å². The predicted molar refractivity (Wildman–Crippen MR) is 124 cm³/mol. The summed E-state index contributed by atoms with van der Waals surface area (Å²) >= 11 is 14.9. The maximum Gasteiger partial charge on any atom is 0.239 e. The minimum Gasteiger partial charge on any atom is -0.303 e. The number of aryl methyl sites for hydroxylation is 1. The molecule has 0 saturated heterocycles. The van der Waals surface area contributed by atoms with Crippen molar-refractivity contribution in [2.24, 2.45) is 0 Å². The van der Waals surface area contributed by atoms with E-state index >= 15 is 0 Å². The normalized spacial score (nSPS) is 13.4. The lowest BCUT2D eigenvalue weighted by molar-refractivity contribution is -0.116. The molecule has 1 aliphatic carbocycles. The number of carbonyl (C=O) groups excluding carboxylic acids is 1. The second-order valence-electron chi connectivity index (χ2n) is 6.86. The molecule has 1 aliphatic rings. The van der Waals surface area contributed by atoms with Gasteiger partial charge in [-0.25, -0.2) is 4.98 Å². The topological polar surface area (TPSA) is 63.9 Å². The van der Waals surface area contributed by atoms with E-state index in [-0.39, 0.29) is 11.7 Å². The van der Waals surface area contributed by atoms with Crippen LogP contribution < -0.4 is 4.90 Å². The molecule has 2 aromatic heterocycles. The Morgan fingerprint density at radius 1 is 1.37 bits per heavy atom. The molecule has 156 valence electrons. The molecule has 1 fully saturated rings. The van der Waals surface area contributed by atoms with Crippen molar-refractivity contribution in [1.29, 1.82) is 0 Å². The highest BCUT2D eigenvalue weighted by atomic mass is 35.5. The van der Waals surface area contributed by atoms with Gasteiger partial charge in [0.25, 0.3) is 0 Å². The summed E-state index contributed by atoms with van der Waals surface area (Å²) in [7, 11) is 0. The zero-order chi connectivity index (χ0) is 21.3. The van der Waals surface area contributed by atoms with Gasteiger partial charge in [-0.2, -0.15) is 0 Å². The monoisotopic (exact) mass is 479 g/mol. The molecule has 10 heteroatoms. The highest BCUT2D eigenvalue weighted by Crippen LogP contribution is 2.38. The van der Waals surface area contributed by atoms with Crippen molar-refractivity contribution < 1.29 is 4.79 Å². The molecule has 0 N–H and O–H groups in total. The van der Waals surface area contributed by atoms with E-state index in [2.05, 4.69) is 26.3 Å². The zero-order valence-electron chi connectivity index (χ0n) is 16.2.